The molecule has 86 valence electrons. The van der Waals surface area contributed by atoms with Crippen molar-refractivity contribution in [3.63, 3.8) is 0 Å². The maximum atomic E-state index is 13.0. The molecule has 0 aliphatic carbocycles. The molecule has 0 aliphatic rings. The first-order valence-electron chi connectivity index (χ1n) is 5.36. The van der Waals surface area contributed by atoms with Crippen LogP contribution in [0.2, 0.25) is 0 Å². The molecule has 16 heavy (non-hydrogen) atoms. The molecule has 1 unspecified atom stereocenters. The molecule has 2 rings (SSSR count). The fraction of sp³-hybridized carbons (Fsp3) is 0.417. The van der Waals surface area contributed by atoms with Gasteiger partial charge in [0.15, 0.2) is 0 Å². The number of nitrogens with zero attached hydrogens (tertiary/aromatic N) is 3. The normalized spacial score (nSPS) is 13.6. The van der Waals surface area contributed by atoms with E-state index < -0.39 is 0 Å². The van der Waals surface area contributed by atoms with Gasteiger partial charge in [-0.3, -0.25) is 0 Å². The van der Waals surface area contributed by atoms with Gasteiger partial charge < -0.3 is 9.30 Å². The zero-order chi connectivity index (χ0) is 11.7. The number of pyridine rings is 1. The second-order valence-electron chi connectivity index (χ2n) is 4.33. The van der Waals surface area contributed by atoms with Crippen molar-refractivity contribution >= 4 is 5.52 Å². The van der Waals surface area contributed by atoms with E-state index in [2.05, 4.69) is 16.8 Å². The van der Waals surface area contributed by atoms with Crippen molar-refractivity contribution in [3.05, 3.63) is 36.2 Å². The third kappa shape index (κ3) is 2.07. The van der Waals surface area contributed by atoms with Gasteiger partial charge >= 0.3 is 0 Å². The van der Waals surface area contributed by atoms with E-state index in [1.54, 1.807) is 12.4 Å². The van der Waals surface area contributed by atoms with Crippen molar-refractivity contribution in [1.82, 2.24) is 14.3 Å². The molecule has 0 saturated carbocycles. The van der Waals surface area contributed by atoms with Gasteiger partial charge in [-0.1, -0.05) is 0 Å². The number of aromatic nitrogens is 2. The van der Waals surface area contributed by atoms with Crippen molar-refractivity contribution in [2.24, 2.45) is 0 Å². The lowest BCUT2D eigenvalue weighted by molar-refractivity contribution is 0.308. The lowest BCUT2D eigenvalue weighted by atomic mass is 10.2. The molecule has 0 spiro atoms. The van der Waals surface area contributed by atoms with Crippen LogP contribution < -0.4 is 0 Å². The Hall–Kier alpha value is -1.42. The van der Waals surface area contributed by atoms with Crippen molar-refractivity contribution in [2.75, 3.05) is 14.1 Å². The van der Waals surface area contributed by atoms with E-state index in [4.69, 9.17) is 0 Å². The van der Waals surface area contributed by atoms with Crippen LogP contribution in [0.5, 0.6) is 0 Å². The van der Waals surface area contributed by atoms with Gasteiger partial charge in [-0.25, -0.2) is 9.37 Å². The van der Waals surface area contributed by atoms with Crippen molar-refractivity contribution in [1.29, 1.82) is 0 Å². The van der Waals surface area contributed by atoms with Crippen LogP contribution in [0.4, 0.5) is 4.39 Å². The molecular formula is C12H16FN3. The summed E-state index contributed by atoms with van der Waals surface area (Å²) in [6.45, 7) is 2.14. The minimum atomic E-state index is -0.223. The SMILES string of the molecule is CC(Cc1ncc2cc(F)ccn12)N(C)C. The van der Waals surface area contributed by atoms with Crippen molar-refractivity contribution in [2.45, 2.75) is 19.4 Å². The number of imidazole rings is 1. The van der Waals surface area contributed by atoms with Crippen molar-refractivity contribution in [3.8, 4) is 0 Å². The molecule has 2 heterocycles. The second-order valence-corrected chi connectivity index (χ2v) is 4.33. The molecule has 0 amide bonds. The van der Waals surface area contributed by atoms with Crippen molar-refractivity contribution < 1.29 is 4.39 Å². The van der Waals surface area contributed by atoms with Gasteiger partial charge in [0.1, 0.15) is 11.6 Å². The predicted octanol–water partition coefficient (Wildman–Crippen LogP) is 1.97. The van der Waals surface area contributed by atoms with E-state index in [-0.39, 0.29) is 5.82 Å². The number of hydrogen-bond acceptors (Lipinski definition) is 2. The maximum absolute atomic E-state index is 13.0. The highest BCUT2D eigenvalue weighted by atomic mass is 19.1. The summed E-state index contributed by atoms with van der Waals surface area (Å²) < 4.78 is 14.9. The number of fused-ring (bicyclic) bond motifs is 1. The number of likely N-dealkylation sites (N-methyl/N-ethyl adjacent to an activating group) is 1. The standard InChI is InChI=1S/C12H16FN3/c1-9(15(2)3)6-12-14-8-11-7-10(13)4-5-16(11)12/h4-5,7-9H,6H2,1-3H3. The summed E-state index contributed by atoms with van der Waals surface area (Å²) in [6.07, 6.45) is 4.29. The number of halogens is 1. The Labute approximate surface area is 94.5 Å². The lowest BCUT2D eigenvalue weighted by Crippen LogP contribution is -2.27. The molecule has 4 heteroatoms. The average Bonchev–Trinajstić information content (AvgIpc) is 2.60. The highest BCUT2D eigenvalue weighted by molar-refractivity contribution is 5.46. The van der Waals surface area contributed by atoms with Crippen LogP contribution in [0, 0.1) is 5.82 Å². The van der Waals surface area contributed by atoms with Gasteiger partial charge in [0.05, 0.1) is 11.7 Å². The Morgan fingerprint density at radius 2 is 2.25 bits per heavy atom. The molecule has 0 fully saturated rings. The van der Waals surface area contributed by atoms with E-state index in [1.165, 1.54) is 12.1 Å². The Kier molecular flexibility index (Phi) is 2.92. The highest BCUT2D eigenvalue weighted by Crippen LogP contribution is 2.11. The molecule has 0 saturated heterocycles. The van der Waals surface area contributed by atoms with E-state index >= 15 is 0 Å². The highest BCUT2D eigenvalue weighted by Gasteiger charge is 2.10. The summed E-state index contributed by atoms with van der Waals surface area (Å²) in [5, 5.41) is 0. The van der Waals surface area contributed by atoms with Crippen LogP contribution in [0.3, 0.4) is 0 Å². The molecule has 1 atom stereocenters. The minimum absolute atomic E-state index is 0.223. The second kappa shape index (κ2) is 4.22. The minimum Gasteiger partial charge on any atom is -0.306 e. The topological polar surface area (TPSA) is 20.5 Å². The van der Waals surface area contributed by atoms with Gasteiger partial charge in [0.2, 0.25) is 0 Å². The fourth-order valence-electron chi connectivity index (χ4n) is 1.63. The van der Waals surface area contributed by atoms with E-state index in [0.717, 1.165) is 17.8 Å². The summed E-state index contributed by atoms with van der Waals surface area (Å²) >= 11 is 0. The monoisotopic (exact) mass is 221 g/mol. The Balaban J connectivity index is 2.32. The third-order valence-corrected chi connectivity index (χ3v) is 2.93. The molecule has 0 N–H and O–H groups in total. The molecule has 2 aromatic heterocycles. The largest absolute Gasteiger partial charge is 0.306 e. The smallest absolute Gasteiger partial charge is 0.126 e. The first-order valence-corrected chi connectivity index (χ1v) is 5.36. The molecule has 0 radical (unpaired) electrons. The summed E-state index contributed by atoms with van der Waals surface area (Å²) in [4.78, 5) is 6.47. The Bertz CT molecular complexity index is 490. The van der Waals surface area contributed by atoms with Gasteiger partial charge in [-0.2, -0.15) is 0 Å². The first kappa shape index (κ1) is 11.1. The third-order valence-electron chi connectivity index (χ3n) is 2.93. The quantitative estimate of drug-likeness (QED) is 0.790. The average molecular weight is 221 g/mol. The van der Waals surface area contributed by atoms with Crippen LogP contribution in [0.15, 0.2) is 24.5 Å². The molecule has 3 nitrogen and oxygen atoms in total. The first-order chi connectivity index (χ1) is 7.58. The van der Waals surface area contributed by atoms with Gasteiger partial charge in [-0.05, 0) is 33.2 Å². The van der Waals surface area contributed by atoms with E-state index in [0.29, 0.717) is 6.04 Å². The zero-order valence-electron chi connectivity index (χ0n) is 9.81. The summed E-state index contributed by atoms with van der Waals surface area (Å²) in [6, 6.07) is 3.37. The Morgan fingerprint density at radius 1 is 1.50 bits per heavy atom. The Morgan fingerprint density at radius 3 is 2.94 bits per heavy atom. The van der Waals surface area contributed by atoms with Crippen LogP contribution in [-0.4, -0.2) is 34.4 Å². The molecule has 2 aromatic rings. The van der Waals surface area contributed by atoms with Gasteiger partial charge in [0, 0.05) is 18.7 Å². The van der Waals surface area contributed by atoms with Crippen LogP contribution in [0.1, 0.15) is 12.7 Å². The number of rotatable bonds is 3. The maximum Gasteiger partial charge on any atom is 0.126 e. The van der Waals surface area contributed by atoms with Crippen LogP contribution in [-0.2, 0) is 6.42 Å². The zero-order valence-corrected chi connectivity index (χ0v) is 9.81. The van der Waals surface area contributed by atoms with E-state index in [1.807, 2.05) is 18.5 Å². The van der Waals surface area contributed by atoms with Crippen LogP contribution in [0.25, 0.3) is 5.52 Å². The van der Waals surface area contributed by atoms with Gasteiger partial charge in [0.25, 0.3) is 0 Å². The summed E-state index contributed by atoms with van der Waals surface area (Å²) in [5.41, 5.74) is 0.806. The van der Waals surface area contributed by atoms with E-state index in [9.17, 15) is 4.39 Å². The molecular weight excluding hydrogens is 205 g/mol. The predicted molar refractivity (Wildman–Crippen MR) is 62.0 cm³/mol. The molecule has 0 aliphatic heterocycles. The fourth-order valence-corrected chi connectivity index (χ4v) is 1.63. The summed E-state index contributed by atoms with van der Waals surface area (Å²) in [7, 11) is 4.08. The molecule has 0 bridgehead atoms. The summed E-state index contributed by atoms with van der Waals surface area (Å²) in [5.74, 6) is 0.746. The molecule has 0 aromatic carbocycles. The van der Waals surface area contributed by atoms with Crippen LogP contribution >= 0.6 is 0 Å². The lowest BCUT2D eigenvalue weighted by Gasteiger charge is -2.18. The van der Waals surface area contributed by atoms with Gasteiger partial charge in [-0.15, -0.1) is 0 Å². The number of hydrogen-bond donors (Lipinski definition) is 0.